The minimum Gasteiger partial charge on any atom is -0.491 e. The van der Waals surface area contributed by atoms with E-state index in [1.807, 2.05) is 6.07 Å². The predicted octanol–water partition coefficient (Wildman–Crippen LogP) is 7.50. The highest BCUT2D eigenvalue weighted by Gasteiger charge is 2.22. The van der Waals surface area contributed by atoms with E-state index in [0.29, 0.717) is 118 Å². The molecule has 0 spiro atoms. The second kappa shape index (κ2) is 21.9. The second-order valence-corrected chi connectivity index (χ2v) is 15.1. The Morgan fingerprint density at radius 3 is 0.833 bits per heavy atom. The van der Waals surface area contributed by atoms with Gasteiger partial charge in [-0.15, -0.1) is 0 Å². The fraction of sp³-hybridized carbons (Fsp3) is 0.400. The Kier molecular flexibility index (Phi) is 15.2. The monoisotopic (exact) mass is 815 g/mol. The maximum Gasteiger partial charge on any atom is 0.126 e. The van der Waals surface area contributed by atoms with Crippen LogP contribution in [0.25, 0.3) is 0 Å². The molecular weight excluding hydrogens is 759 g/mol. The van der Waals surface area contributed by atoms with Crippen LogP contribution in [-0.2, 0) is 49.4 Å². The summed E-state index contributed by atoms with van der Waals surface area (Å²) < 4.78 is 57.2. The Bertz CT molecular complexity index is 1890. The van der Waals surface area contributed by atoms with Crippen molar-refractivity contribution in [3.8, 4) is 23.0 Å². The van der Waals surface area contributed by atoms with E-state index in [1.54, 1.807) is 0 Å². The van der Waals surface area contributed by atoms with Crippen LogP contribution in [0.1, 0.15) is 44.5 Å². The zero-order chi connectivity index (χ0) is 40.6. The average molecular weight is 816 g/mol. The lowest BCUT2D eigenvalue weighted by Crippen LogP contribution is -2.31. The average Bonchev–Trinajstić information content (AvgIpc) is 3.26. The first-order valence-corrected chi connectivity index (χ1v) is 21.4. The minimum absolute atomic E-state index is 0.397. The summed E-state index contributed by atoms with van der Waals surface area (Å²) in [6, 6.07) is 36.3. The zero-order valence-corrected chi connectivity index (χ0v) is 34.6. The lowest BCUT2D eigenvalue weighted by molar-refractivity contribution is 0.00484. The standard InChI is InChI=1S/C50H57NO9/c1-2-16-46(17-3-1)51-18-20-52-26-30-57-47-38-8-4-9-39(47)35-43-13-7-15-45-37-41-11-5-10-40(48(41)58-31-27-53-21-19-51)36-44-14-6-12-42(34-38)49(44)59-32-28-55-24-22-54-23-25-56-29-33-60-50(43)45/h1-17H,18-37H2. The molecule has 1 aliphatic carbocycles. The molecule has 0 N–H and O–H groups in total. The van der Waals surface area contributed by atoms with E-state index in [9.17, 15) is 0 Å². The molecule has 3 heterocycles. The van der Waals surface area contributed by atoms with Gasteiger partial charge in [0.25, 0.3) is 0 Å². The minimum atomic E-state index is 0.397. The number of hydrogen-bond donors (Lipinski definition) is 0. The molecule has 60 heavy (non-hydrogen) atoms. The summed E-state index contributed by atoms with van der Waals surface area (Å²) in [4.78, 5) is 2.31. The molecule has 0 saturated heterocycles. The first-order chi connectivity index (χ1) is 29.8. The highest BCUT2D eigenvalue weighted by Crippen LogP contribution is 2.39. The highest BCUT2D eigenvalue weighted by atomic mass is 16.6. The van der Waals surface area contributed by atoms with E-state index in [0.717, 1.165) is 86.3 Å². The van der Waals surface area contributed by atoms with Crippen molar-refractivity contribution in [2.24, 2.45) is 0 Å². The first-order valence-electron chi connectivity index (χ1n) is 21.4. The van der Waals surface area contributed by atoms with Crippen LogP contribution in [0.5, 0.6) is 23.0 Å². The summed E-state index contributed by atoms with van der Waals surface area (Å²) in [5, 5.41) is 0. The number of anilines is 1. The van der Waals surface area contributed by atoms with Gasteiger partial charge in [-0.1, -0.05) is 91.0 Å². The predicted molar refractivity (Wildman–Crippen MR) is 232 cm³/mol. The van der Waals surface area contributed by atoms with E-state index in [4.69, 9.17) is 42.6 Å². The van der Waals surface area contributed by atoms with Crippen molar-refractivity contribution >= 4 is 5.69 Å². The van der Waals surface area contributed by atoms with Crippen LogP contribution in [0.15, 0.2) is 103 Å². The molecular formula is C50H57NO9. The third kappa shape index (κ3) is 11.2. The van der Waals surface area contributed by atoms with Crippen molar-refractivity contribution in [1.29, 1.82) is 0 Å². The summed E-state index contributed by atoms with van der Waals surface area (Å²) in [7, 11) is 0. The molecule has 5 aromatic rings. The fourth-order valence-corrected chi connectivity index (χ4v) is 8.14. The number of ether oxygens (including phenoxy) is 9. The Hall–Kier alpha value is -5.10. The normalized spacial score (nSPS) is 17.8. The molecule has 0 atom stereocenters. The Balaban J connectivity index is 1.23. The summed E-state index contributed by atoms with van der Waals surface area (Å²) in [5.41, 5.74) is 9.74. The van der Waals surface area contributed by atoms with Crippen molar-refractivity contribution in [3.63, 3.8) is 0 Å². The Morgan fingerprint density at radius 2 is 0.533 bits per heavy atom. The van der Waals surface area contributed by atoms with Gasteiger partial charge in [-0.3, -0.25) is 0 Å². The highest BCUT2D eigenvalue weighted by molar-refractivity contribution is 5.56. The van der Waals surface area contributed by atoms with Gasteiger partial charge in [0, 0.05) is 44.5 Å². The van der Waals surface area contributed by atoms with E-state index in [2.05, 4.69) is 102 Å². The molecule has 0 saturated carbocycles. The van der Waals surface area contributed by atoms with E-state index in [1.165, 1.54) is 0 Å². The number of nitrogens with zero attached hydrogens (tertiary/aromatic N) is 1. The number of fused-ring (bicyclic) bond motifs is 12. The number of benzene rings is 5. The van der Waals surface area contributed by atoms with Crippen LogP contribution in [0, 0.1) is 0 Å². The summed E-state index contributed by atoms with van der Waals surface area (Å²) in [5.74, 6) is 3.44. The van der Waals surface area contributed by atoms with Gasteiger partial charge in [0.05, 0.1) is 66.1 Å². The molecule has 316 valence electrons. The van der Waals surface area contributed by atoms with E-state index in [-0.39, 0.29) is 0 Å². The number of hydrogen-bond acceptors (Lipinski definition) is 10. The van der Waals surface area contributed by atoms with Crippen LogP contribution in [0.3, 0.4) is 0 Å². The Morgan fingerprint density at radius 1 is 0.267 bits per heavy atom. The molecule has 0 unspecified atom stereocenters. The van der Waals surface area contributed by atoms with Gasteiger partial charge in [0.15, 0.2) is 0 Å². The smallest absolute Gasteiger partial charge is 0.126 e. The molecule has 5 aromatic carbocycles. The van der Waals surface area contributed by atoms with Gasteiger partial charge in [-0.25, -0.2) is 0 Å². The number of rotatable bonds is 1. The molecule has 0 aromatic heterocycles. The molecule has 9 rings (SSSR count). The molecule has 3 aliphatic heterocycles. The van der Waals surface area contributed by atoms with Crippen molar-refractivity contribution in [2.75, 3.05) is 110 Å². The van der Waals surface area contributed by atoms with Crippen molar-refractivity contribution in [1.82, 2.24) is 0 Å². The van der Waals surface area contributed by atoms with Crippen LogP contribution < -0.4 is 23.8 Å². The number of para-hydroxylation sites is 5. The topological polar surface area (TPSA) is 86.3 Å². The second-order valence-electron chi connectivity index (χ2n) is 15.1. The third-order valence-corrected chi connectivity index (χ3v) is 11.0. The lowest BCUT2D eigenvalue weighted by Gasteiger charge is -2.25. The molecule has 12 bridgehead atoms. The van der Waals surface area contributed by atoms with Crippen LogP contribution in [0.4, 0.5) is 5.69 Å². The SMILES string of the molecule is c1ccc(N2CCOCCOc3c4cccc3Cc3cccc5c3OCCOCCOCCOCCOc3c(cccc3Cc3cccc(c3OCCOCC2)C5)C4)cc1. The van der Waals surface area contributed by atoms with Crippen LogP contribution >= 0.6 is 0 Å². The van der Waals surface area contributed by atoms with Gasteiger partial charge < -0.3 is 47.5 Å². The van der Waals surface area contributed by atoms with Crippen molar-refractivity contribution in [3.05, 3.63) is 148 Å². The molecule has 10 heteroatoms. The van der Waals surface area contributed by atoms with Gasteiger partial charge in [-0.2, -0.15) is 0 Å². The van der Waals surface area contributed by atoms with Crippen LogP contribution in [0.2, 0.25) is 0 Å². The largest absolute Gasteiger partial charge is 0.491 e. The van der Waals surface area contributed by atoms with Gasteiger partial charge in [0.1, 0.15) is 49.4 Å². The maximum absolute atomic E-state index is 6.80. The molecule has 4 aliphatic rings. The maximum atomic E-state index is 6.80. The van der Waals surface area contributed by atoms with Crippen molar-refractivity contribution < 1.29 is 42.6 Å². The molecule has 0 amide bonds. The summed E-state index contributed by atoms with van der Waals surface area (Å²) >= 11 is 0. The van der Waals surface area contributed by atoms with Gasteiger partial charge in [0.2, 0.25) is 0 Å². The molecule has 0 fully saturated rings. The first kappa shape index (κ1) is 41.6. The molecule has 10 nitrogen and oxygen atoms in total. The third-order valence-electron chi connectivity index (χ3n) is 11.0. The quantitative estimate of drug-likeness (QED) is 0.156. The Labute approximate surface area is 354 Å². The zero-order valence-electron chi connectivity index (χ0n) is 34.6. The van der Waals surface area contributed by atoms with Crippen LogP contribution in [-0.4, -0.2) is 106 Å². The fourth-order valence-electron chi connectivity index (χ4n) is 8.14. The lowest BCUT2D eigenvalue weighted by atomic mass is 9.91. The van der Waals surface area contributed by atoms with Gasteiger partial charge in [-0.05, 0) is 56.6 Å². The van der Waals surface area contributed by atoms with Crippen molar-refractivity contribution in [2.45, 2.75) is 25.7 Å². The van der Waals surface area contributed by atoms with Gasteiger partial charge >= 0.3 is 0 Å². The van der Waals surface area contributed by atoms with E-state index >= 15 is 0 Å². The van der Waals surface area contributed by atoms with E-state index < -0.39 is 0 Å². The summed E-state index contributed by atoms with van der Waals surface area (Å²) in [6.07, 6.45) is 2.43. The summed E-state index contributed by atoms with van der Waals surface area (Å²) in [6.45, 7) is 7.83. The molecule has 0 radical (unpaired) electrons.